The quantitative estimate of drug-likeness (QED) is 0.0295. The summed E-state index contributed by atoms with van der Waals surface area (Å²) in [6.07, 6.45) is 48.1. The van der Waals surface area contributed by atoms with E-state index in [1.165, 1.54) is 180 Å². The van der Waals surface area contributed by atoms with Crippen molar-refractivity contribution in [2.75, 3.05) is 13.2 Å². The van der Waals surface area contributed by atoms with E-state index in [-0.39, 0.29) is 29.6 Å². The fourth-order valence-corrected chi connectivity index (χ4v) is 5.01. The van der Waals surface area contributed by atoms with Crippen molar-refractivity contribution >= 4 is 37.4 Å². The van der Waals surface area contributed by atoms with Crippen LogP contribution in [0.2, 0.25) is 0 Å². The number of phosphoric acid groups is 1. The Morgan fingerprint density at radius 1 is 0.419 bits per heavy atom. The molecule has 0 atom stereocenters. The molecule has 0 aliphatic heterocycles. The predicted molar refractivity (Wildman–Crippen MR) is 190 cm³/mol. The molecule has 0 amide bonds. The van der Waals surface area contributed by atoms with Crippen molar-refractivity contribution in [3.05, 3.63) is 24.3 Å². The van der Waals surface area contributed by atoms with Gasteiger partial charge in [0.05, 0.1) is 0 Å². The van der Waals surface area contributed by atoms with Gasteiger partial charge in [-0.25, -0.2) is 4.57 Å². The van der Waals surface area contributed by atoms with Crippen molar-refractivity contribution in [3.63, 3.8) is 0 Å². The van der Waals surface area contributed by atoms with Gasteiger partial charge in [-0.05, 0) is 64.2 Å². The number of rotatable bonds is 32. The fourth-order valence-electron chi connectivity index (χ4n) is 5.01. The van der Waals surface area contributed by atoms with Crippen LogP contribution in [0.3, 0.4) is 0 Å². The van der Waals surface area contributed by atoms with Crippen LogP contribution in [0.5, 0.6) is 0 Å². The van der Waals surface area contributed by atoms with E-state index in [2.05, 4.69) is 38.2 Å². The normalized spacial score (nSPS) is 11.7. The Labute approximate surface area is 291 Å². The Morgan fingerprint density at radius 2 is 0.628 bits per heavy atom. The van der Waals surface area contributed by atoms with Crippen LogP contribution in [-0.2, 0) is 9.30 Å². The molecule has 0 aliphatic carbocycles. The van der Waals surface area contributed by atoms with Crippen molar-refractivity contribution in [2.45, 2.75) is 194 Å². The molecule has 43 heavy (non-hydrogen) atoms. The summed E-state index contributed by atoms with van der Waals surface area (Å²) in [6, 6.07) is 0. The van der Waals surface area contributed by atoms with Gasteiger partial charge in [-0.3, -0.25) is 0 Å². The molecule has 0 saturated carbocycles. The predicted octanol–water partition coefficient (Wildman–Crippen LogP) is 11.8. The average Bonchev–Trinajstić information content (AvgIpc) is 2.94. The van der Waals surface area contributed by atoms with Gasteiger partial charge in [-0.15, -0.1) is 0 Å². The second kappa shape index (κ2) is 42.6. The minimum atomic E-state index is -4.64. The molecule has 0 rings (SSSR count). The molecule has 0 heterocycles. The first-order valence-corrected chi connectivity index (χ1v) is 19.6. The van der Waals surface area contributed by atoms with Crippen LogP contribution in [0, 0.1) is 0 Å². The fraction of sp³-hybridized carbons (Fsp3) is 0.889. The zero-order valence-corrected chi connectivity index (χ0v) is 32.0. The van der Waals surface area contributed by atoms with Gasteiger partial charge in [-0.1, -0.05) is 154 Å². The maximum Gasteiger partial charge on any atom is 0.466 e. The van der Waals surface area contributed by atoms with Gasteiger partial charge in [0.2, 0.25) is 0 Å². The van der Waals surface area contributed by atoms with E-state index < -0.39 is 7.82 Å². The van der Waals surface area contributed by atoms with Crippen LogP contribution in [0.1, 0.15) is 194 Å². The molecule has 0 saturated heterocycles. The SMILES string of the molecule is CCCCCCCCC=CCCCCCCCCOCCCCCCCCC=CCCCCCCCC.O=P(O)(O)O.[Na]. The second-order valence-electron chi connectivity index (χ2n) is 12.0. The van der Waals surface area contributed by atoms with E-state index in [4.69, 9.17) is 24.0 Å². The Hall–Kier alpha value is 0.550. The van der Waals surface area contributed by atoms with Crippen LogP contribution < -0.4 is 0 Å². The topological polar surface area (TPSA) is 87.0 Å². The molecule has 0 aromatic heterocycles. The third-order valence-electron chi connectivity index (χ3n) is 7.60. The first kappa shape index (κ1) is 48.0. The average molecular weight is 640 g/mol. The Bertz CT molecular complexity index is 546. The molecule has 253 valence electrons. The number of hydrogen-bond acceptors (Lipinski definition) is 2. The molecular formula is C36H73NaO5P. The van der Waals surface area contributed by atoms with Crippen LogP contribution in [0.15, 0.2) is 24.3 Å². The van der Waals surface area contributed by atoms with E-state index in [9.17, 15) is 0 Å². The van der Waals surface area contributed by atoms with Gasteiger partial charge in [0.25, 0.3) is 0 Å². The van der Waals surface area contributed by atoms with E-state index in [0.717, 1.165) is 13.2 Å². The van der Waals surface area contributed by atoms with Crippen LogP contribution in [-0.4, -0.2) is 57.5 Å². The molecule has 0 aromatic carbocycles. The molecule has 0 bridgehead atoms. The van der Waals surface area contributed by atoms with Crippen LogP contribution in [0.25, 0.3) is 0 Å². The Balaban J connectivity index is -0.00000244. The van der Waals surface area contributed by atoms with Crippen LogP contribution >= 0.6 is 7.82 Å². The van der Waals surface area contributed by atoms with Gasteiger partial charge >= 0.3 is 7.82 Å². The summed E-state index contributed by atoms with van der Waals surface area (Å²) in [5.74, 6) is 0. The monoisotopic (exact) mass is 640 g/mol. The second-order valence-corrected chi connectivity index (χ2v) is 13.0. The smallest absolute Gasteiger partial charge is 0.381 e. The van der Waals surface area contributed by atoms with Crippen molar-refractivity contribution in [2.24, 2.45) is 0 Å². The minimum Gasteiger partial charge on any atom is -0.381 e. The number of unbranched alkanes of at least 4 members (excludes halogenated alkanes) is 24. The molecule has 1 radical (unpaired) electrons. The maximum atomic E-state index is 8.88. The first-order valence-electron chi connectivity index (χ1n) is 18.1. The molecule has 0 spiro atoms. The molecule has 3 N–H and O–H groups in total. The van der Waals surface area contributed by atoms with Crippen molar-refractivity contribution in [1.29, 1.82) is 0 Å². The Kier molecular flexibility index (Phi) is 47.5. The third kappa shape index (κ3) is 58.6. The molecule has 0 aliphatic rings. The summed E-state index contributed by atoms with van der Waals surface area (Å²) in [5, 5.41) is 0. The minimum absolute atomic E-state index is 0. The van der Waals surface area contributed by atoms with E-state index in [1.54, 1.807) is 0 Å². The molecular weight excluding hydrogens is 566 g/mol. The van der Waals surface area contributed by atoms with Gasteiger partial charge in [0, 0.05) is 42.8 Å². The summed E-state index contributed by atoms with van der Waals surface area (Å²) < 4.78 is 14.7. The number of allylic oxidation sites excluding steroid dienone is 4. The molecule has 0 aromatic rings. The van der Waals surface area contributed by atoms with E-state index in [1.807, 2.05) is 0 Å². The molecule has 5 nitrogen and oxygen atoms in total. The molecule has 0 unspecified atom stereocenters. The van der Waals surface area contributed by atoms with Gasteiger partial charge in [-0.2, -0.15) is 0 Å². The number of ether oxygens (including phenoxy) is 1. The summed E-state index contributed by atoms with van der Waals surface area (Å²) in [7, 11) is -4.64. The molecule has 0 fully saturated rings. The summed E-state index contributed by atoms with van der Waals surface area (Å²) in [6.45, 7) is 6.54. The van der Waals surface area contributed by atoms with E-state index in [0.29, 0.717) is 0 Å². The van der Waals surface area contributed by atoms with Gasteiger partial charge in [0.1, 0.15) is 0 Å². The van der Waals surface area contributed by atoms with E-state index >= 15 is 0 Å². The third-order valence-corrected chi connectivity index (χ3v) is 7.60. The van der Waals surface area contributed by atoms with Crippen molar-refractivity contribution in [1.82, 2.24) is 0 Å². The number of hydrogen-bond donors (Lipinski definition) is 3. The summed E-state index contributed by atoms with van der Waals surface area (Å²) >= 11 is 0. The Morgan fingerprint density at radius 3 is 0.884 bits per heavy atom. The summed E-state index contributed by atoms with van der Waals surface area (Å²) in [5.41, 5.74) is 0. The maximum absolute atomic E-state index is 8.88. The zero-order valence-electron chi connectivity index (χ0n) is 29.1. The van der Waals surface area contributed by atoms with Gasteiger partial charge in [0.15, 0.2) is 0 Å². The van der Waals surface area contributed by atoms with Gasteiger partial charge < -0.3 is 19.4 Å². The van der Waals surface area contributed by atoms with Crippen molar-refractivity contribution in [3.8, 4) is 0 Å². The standard InChI is InChI=1S/C36H70O.Na.H3O4P/c1-3-5-7-9-11-13-15-17-19-21-23-25-27-29-31-33-35-37-36-34-32-30-28-26-24-22-20-18-16-14-12-10-8-6-4-2;;1-5(2,3)4/h17-20H,3-16,21-36H2,1-2H3;;(H3,1,2,3,4). The summed E-state index contributed by atoms with van der Waals surface area (Å²) in [4.78, 5) is 21.6. The van der Waals surface area contributed by atoms with Crippen molar-refractivity contribution < 1.29 is 24.0 Å². The van der Waals surface area contributed by atoms with Crippen LogP contribution in [0.4, 0.5) is 0 Å². The largest absolute Gasteiger partial charge is 0.466 e. The zero-order chi connectivity index (χ0) is 31.2. The first-order chi connectivity index (χ1) is 20.4. The molecule has 7 heteroatoms.